The third-order valence-electron chi connectivity index (χ3n) is 4.50. The fourth-order valence-electron chi connectivity index (χ4n) is 2.79. The first-order chi connectivity index (χ1) is 13.9. The van der Waals surface area contributed by atoms with Crippen LogP contribution in [0.15, 0.2) is 42.6 Å². The number of anilines is 3. The van der Waals surface area contributed by atoms with Crippen LogP contribution in [0.4, 0.5) is 35.1 Å². The molecule has 1 aliphatic carbocycles. The smallest absolute Gasteiger partial charge is 0.351 e. The highest BCUT2D eigenvalue weighted by molar-refractivity contribution is 5.61. The summed E-state index contributed by atoms with van der Waals surface area (Å²) in [7, 11) is 0. The molecule has 150 valence electrons. The zero-order valence-electron chi connectivity index (χ0n) is 15.0. The minimum Gasteiger partial charge on any atom is -0.351 e. The summed E-state index contributed by atoms with van der Waals surface area (Å²) in [4.78, 5) is 16.0. The van der Waals surface area contributed by atoms with Crippen LogP contribution in [-0.2, 0) is 6.18 Å². The van der Waals surface area contributed by atoms with Gasteiger partial charge in [-0.1, -0.05) is 12.1 Å². The predicted octanol–water partition coefficient (Wildman–Crippen LogP) is 4.80. The van der Waals surface area contributed by atoms with Crippen LogP contribution in [0.5, 0.6) is 0 Å². The number of benzene rings is 1. The predicted molar refractivity (Wildman–Crippen MR) is 99.0 cm³/mol. The maximum atomic E-state index is 14.2. The molecule has 0 atom stereocenters. The van der Waals surface area contributed by atoms with Crippen molar-refractivity contribution in [2.75, 3.05) is 10.6 Å². The van der Waals surface area contributed by atoms with Gasteiger partial charge in [0.2, 0.25) is 11.9 Å². The highest BCUT2D eigenvalue weighted by Gasteiger charge is 2.32. The number of hydrogen-bond acceptors (Lipinski definition) is 6. The van der Waals surface area contributed by atoms with Crippen molar-refractivity contribution >= 4 is 17.6 Å². The van der Waals surface area contributed by atoms with E-state index in [1.165, 1.54) is 18.2 Å². The minimum atomic E-state index is -4.58. The molecular formula is C19H16F4N6. The van der Waals surface area contributed by atoms with Gasteiger partial charge in [-0.25, -0.2) is 4.39 Å². The molecule has 2 heterocycles. The summed E-state index contributed by atoms with van der Waals surface area (Å²) < 4.78 is 52.9. The lowest BCUT2D eigenvalue weighted by molar-refractivity contribution is -0.141. The molecule has 2 aromatic heterocycles. The first-order valence-electron chi connectivity index (χ1n) is 8.96. The molecule has 0 aliphatic heterocycles. The number of aromatic nitrogens is 4. The molecule has 0 amide bonds. The van der Waals surface area contributed by atoms with Gasteiger partial charge in [0.15, 0.2) is 5.82 Å². The Balaban J connectivity index is 1.69. The molecule has 10 heteroatoms. The Morgan fingerprint density at radius 2 is 1.72 bits per heavy atom. The Morgan fingerprint density at radius 1 is 0.966 bits per heavy atom. The van der Waals surface area contributed by atoms with Crippen molar-refractivity contribution in [2.45, 2.75) is 31.5 Å². The Labute approximate surface area is 163 Å². The van der Waals surface area contributed by atoms with Gasteiger partial charge in [-0.2, -0.15) is 28.1 Å². The molecule has 1 fully saturated rings. The van der Waals surface area contributed by atoms with Crippen LogP contribution in [0.3, 0.4) is 0 Å². The Hall–Kier alpha value is -3.30. The molecule has 1 aromatic carbocycles. The first-order valence-corrected chi connectivity index (χ1v) is 8.96. The summed E-state index contributed by atoms with van der Waals surface area (Å²) >= 11 is 0. The van der Waals surface area contributed by atoms with Crippen LogP contribution in [0.1, 0.15) is 25.0 Å². The highest BCUT2D eigenvalue weighted by Crippen LogP contribution is 2.30. The molecule has 3 aromatic rings. The number of nitrogens with zero attached hydrogens (tertiary/aromatic N) is 4. The summed E-state index contributed by atoms with van der Waals surface area (Å²) in [5.41, 5.74) is -0.772. The average molecular weight is 404 g/mol. The van der Waals surface area contributed by atoms with Crippen molar-refractivity contribution in [2.24, 2.45) is 0 Å². The second kappa shape index (κ2) is 7.61. The third-order valence-corrected chi connectivity index (χ3v) is 4.50. The second-order valence-corrected chi connectivity index (χ2v) is 6.61. The maximum Gasteiger partial charge on any atom is 0.433 e. The van der Waals surface area contributed by atoms with Crippen molar-refractivity contribution in [1.29, 1.82) is 0 Å². The maximum absolute atomic E-state index is 14.2. The zero-order chi connectivity index (χ0) is 20.4. The number of pyridine rings is 1. The van der Waals surface area contributed by atoms with E-state index in [9.17, 15) is 17.6 Å². The Kier molecular flexibility index (Phi) is 4.99. The van der Waals surface area contributed by atoms with Gasteiger partial charge in [0.05, 0.1) is 5.56 Å². The largest absolute Gasteiger partial charge is 0.433 e. The molecule has 1 saturated carbocycles. The average Bonchev–Trinajstić information content (AvgIpc) is 2.64. The standard InChI is InChI=1S/C19H16F4N6/c20-14-7-2-1-6-13(14)16-27-17(25-11-4-3-5-11)29-18(28-16)26-12-8-9-24-15(10-12)19(21,22)23/h1-2,6-11H,3-5H2,(H2,24,25,26,27,28,29). The van der Waals surface area contributed by atoms with E-state index >= 15 is 0 Å². The van der Waals surface area contributed by atoms with Crippen molar-refractivity contribution < 1.29 is 17.6 Å². The van der Waals surface area contributed by atoms with Crippen LogP contribution < -0.4 is 10.6 Å². The number of rotatable bonds is 5. The second-order valence-electron chi connectivity index (χ2n) is 6.61. The monoisotopic (exact) mass is 404 g/mol. The normalized spacial score (nSPS) is 14.3. The van der Waals surface area contributed by atoms with Crippen LogP contribution in [-0.4, -0.2) is 26.0 Å². The zero-order valence-corrected chi connectivity index (χ0v) is 15.0. The molecule has 6 nitrogen and oxygen atoms in total. The van der Waals surface area contributed by atoms with E-state index in [0.717, 1.165) is 31.5 Å². The van der Waals surface area contributed by atoms with Gasteiger partial charge in [0.25, 0.3) is 0 Å². The van der Waals surface area contributed by atoms with E-state index in [1.54, 1.807) is 12.1 Å². The van der Waals surface area contributed by atoms with Crippen LogP contribution in [0.25, 0.3) is 11.4 Å². The third kappa shape index (κ3) is 4.41. The molecular weight excluding hydrogens is 388 g/mol. The van der Waals surface area contributed by atoms with Gasteiger partial charge in [-0.3, -0.25) is 4.98 Å². The van der Waals surface area contributed by atoms with E-state index < -0.39 is 17.7 Å². The summed E-state index contributed by atoms with van der Waals surface area (Å²) in [5.74, 6) is -0.204. The van der Waals surface area contributed by atoms with Gasteiger partial charge in [0, 0.05) is 17.9 Å². The molecule has 0 unspecified atom stereocenters. The topological polar surface area (TPSA) is 75.6 Å². The fourth-order valence-corrected chi connectivity index (χ4v) is 2.79. The SMILES string of the molecule is Fc1ccccc1-c1nc(Nc2ccnc(C(F)(F)F)c2)nc(NC2CCC2)n1. The van der Waals surface area contributed by atoms with E-state index in [2.05, 4.69) is 30.6 Å². The number of hydrogen-bond donors (Lipinski definition) is 2. The quantitative estimate of drug-likeness (QED) is 0.595. The molecule has 0 radical (unpaired) electrons. The lowest BCUT2D eigenvalue weighted by Gasteiger charge is -2.26. The van der Waals surface area contributed by atoms with Gasteiger partial charge >= 0.3 is 6.18 Å². The number of nitrogens with one attached hydrogen (secondary N) is 2. The van der Waals surface area contributed by atoms with Gasteiger partial charge in [-0.05, 0) is 43.5 Å². The molecule has 4 rings (SSSR count). The molecule has 0 bridgehead atoms. The summed E-state index contributed by atoms with van der Waals surface area (Å²) in [6.07, 6.45) is -0.527. The van der Waals surface area contributed by atoms with Crippen molar-refractivity contribution in [1.82, 2.24) is 19.9 Å². The number of alkyl halides is 3. The van der Waals surface area contributed by atoms with Gasteiger partial charge < -0.3 is 10.6 Å². The Bertz CT molecular complexity index is 1020. The summed E-state index contributed by atoms with van der Waals surface area (Å²) in [6.45, 7) is 0. The van der Waals surface area contributed by atoms with E-state index in [4.69, 9.17) is 0 Å². The van der Waals surface area contributed by atoms with Crippen LogP contribution in [0.2, 0.25) is 0 Å². The molecule has 0 spiro atoms. The van der Waals surface area contributed by atoms with Crippen LogP contribution in [0, 0.1) is 5.82 Å². The van der Waals surface area contributed by atoms with E-state index in [0.29, 0.717) is 0 Å². The Morgan fingerprint density at radius 3 is 2.41 bits per heavy atom. The first kappa shape index (κ1) is 19.0. The van der Waals surface area contributed by atoms with Gasteiger partial charge in [0.1, 0.15) is 11.5 Å². The minimum absolute atomic E-state index is 0.000555. The highest BCUT2D eigenvalue weighted by atomic mass is 19.4. The summed E-state index contributed by atoms with van der Waals surface area (Å²) in [5, 5.41) is 5.88. The molecule has 0 saturated heterocycles. The molecule has 29 heavy (non-hydrogen) atoms. The number of halogens is 4. The van der Waals surface area contributed by atoms with Gasteiger partial charge in [-0.15, -0.1) is 0 Å². The summed E-state index contributed by atoms with van der Waals surface area (Å²) in [6, 6.07) is 8.41. The van der Waals surface area contributed by atoms with E-state index in [-0.39, 0.29) is 35.0 Å². The van der Waals surface area contributed by atoms with Crippen molar-refractivity contribution in [3.63, 3.8) is 0 Å². The molecule has 2 N–H and O–H groups in total. The van der Waals surface area contributed by atoms with Crippen molar-refractivity contribution in [3.05, 3.63) is 54.1 Å². The lowest BCUT2D eigenvalue weighted by atomic mass is 9.93. The van der Waals surface area contributed by atoms with Crippen LogP contribution >= 0.6 is 0 Å². The lowest BCUT2D eigenvalue weighted by Crippen LogP contribution is -2.28. The fraction of sp³-hybridized carbons (Fsp3) is 0.263. The molecule has 1 aliphatic rings. The van der Waals surface area contributed by atoms with E-state index in [1.807, 2.05) is 0 Å². The van der Waals surface area contributed by atoms with Crippen molar-refractivity contribution in [3.8, 4) is 11.4 Å².